The number of amides is 1. The largest absolute Gasteiger partial charge is 0.444 e. The first-order valence-corrected chi connectivity index (χ1v) is 12.4. The van der Waals surface area contributed by atoms with Crippen molar-refractivity contribution in [2.75, 3.05) is 11.6 Å². The number of nitrogens with zero attached hydrogens (tertiary/aromatic N) is 3. The lowest BCUT2D eigenvalue weighted by Gasteiger charge is -2.20. The Balaban J connectivity index is 1.90. The van der Waals surface area contributed by atoms with E-state index in [1.807, 2.05) is 63.6 Å². The molecule has 3 aromatic rings. The molecule has 2 aromatic heterocycles. The molecule has 0 unspecified atom stereocenters. The molecule has 2 N–H and O–H groups in total. The zero-order valence-electron chi connectivity index (χ0n) is 19.2. The number of rotatable bonds is 7. The summed E-state index contributed by atoms with van der Waals surface area (Å²) >= 11 is 3.06. The number of thioether (sulfide) groups is 1. The predicted molar refractivity (Wildman–Crippen MR) is 132 cm³/mol. The van der Waals surface area contributed by atoms with Crippen molar-refractivity contribution in [1.82, 2.24) is 20.3 Å². The second-order valence-corrected chi connectivity index (χ2v) is 10.3. The summed E-state index contributed by atoms with van der Waals surface area (Å²) in [7, 11) is 0. The van der Waals surface area contributed by atoms with Gasteiger partial charge in [0.1, 0.15) is 5.60 Å². The van der Waals surface area contributed by atoms with Gasteiger partial charge < -0.3 is 15.4 Å². The van der Waals surface area contributed by atoms with Gasteiger partial charge >= 0.3 is 6.09 Å². The third-order valence-corrected chi connectivity index (χ3v) is 5.67. The van der Waals surface area contributed by atoms with E-state index in [1.54, 1.807) is 11.3 Å². The molecule has 2 heterocycles. The van der Waals surface area contributed by atoms with Crippen molar-refractivity contribution in [1.29, 1.82) is 0 Å². The molecule has 1 aromatic carbocycles. The fourth-order valence-electron chi connectivity index (χ4n) is 2.89. The van der Waals surface area contributed by atoms with Crippen LogP contribution in [0.3, 0.4) is 0 Å². The van der Waals surface area contributed by atoms with Gasteiger partial charge in [0, 0.05) is 24.3 Å². The maximum Gasteiger partial charge on any atom is 0.407 e. The van der Waals surface area contributed by atoms with Crippen LogP contribution in [-0.4, -0.2) is 38.9 Å². The predicted octanol–water partition coefficient (Wildman–Crippen LogP) is 5.83. The van der Waals surface area contributed by atoms with Crippen LogP contribution in [0, 0.1) is 0 Å². The number of anilines is 1. The van der Waals surface area contributed by atoms with Gasteiger partial charge in [-0.1, -0.05) is 47.4 Å². The average molecular weight is 472 g/mol. The van der Waals surface area contributed by atoms with Crippen LogP contribution in [0.2, 0.25) is 0 Å². The number of ether oxygens (including phenoxy) is 1. The first-order valence-electron chi connectivity index (χ1n) is 10.4. The van der Waals surface area contributed by atoms with Crippen molar-refractivity contribution in [2.24, 2.45) is 0 Å². The number of nitrogens with one attached hydrogen (secondary N) is 2. The number of carbonyl (C=O) groups is 1. The molecule has 0 aliphatic rings. The van der Waals surface area contributed by atoms with Gasteiger partial charge in [0.25, 0.3) is 0 Å². The molecule has 9 heteroatoms. The van der Waals surface area contributed by atoms with E-state index < -0.39 is 11.7 Å². The zero-order chi connectivity index (χ0) is 23.3. The van der Waals surface area contributed by atoms with E-state index >= 15 is 0 Å². The molecule has 0 atom stereocenters. The molecule has 0 saturated carbocycles. The van der Waals surface area contributed by atoms with Gasteiger partial charge in [-0.3, -0.25) is 0 Å². The van der Waals surface area contributed by atoms with E-state index in [1.165, 1.54) is 11.8 Å². The molecular weight excluding hydrogens is 442 g/mol. The number of hydrogen-bond acceptors (Lipinski definition) is 8. The van der Waals surface area contributed by atoms with Crippen LogP contribution >= 0.6 is 23.1 Å². The SMILES string of the molecule is CSc1nc(-c2cnc(NC(C)C)s2)cc(-c2ccccc2CNC(=O)OC(C)(C)C)n1. The number of hydrogen-bond donors (Lipinski definition) is 2. The van der Waals surface area contributed by atoms with Crippen LogP contribution in [-0.2, 0) is 11.3 Å². The molecule has 0 aliphatic heterocycles. The molecule has 3 rings (SSSR count). The molecule has 7 nitrogen and oxygen atoms in total. The van der Waals surface area contributed by atoms with Crippen molar-refractivity contribution < 1.29 is 9.53 Å². The second-order valence-electron chi connectivity index (χ2n) is 8.47. The van der Waals surface area contributed by atoms with E-state index in [9.17, 15) is 4.79 Å². The van der Waals surface area contributed by atoms with Crippen LogP contribution in [0.4, 0.5) is 9.93 Å². The average Bonchev–Trinajstić information content (AvgIpc) is 3.18. The van der Waals surface area contributed by atoms with Gasteiger partial charge in [-0.2, -0.15) is 0 Å². The molecule has 0 bridgehead atoms. The summed E-state index contributed by atoms with van der Waals surface area (Å²) in [6, 6.07) is 10.2. The van der Waals surface area contributed by atoms with E-state index in [0.29, 0.717) is 17.7 Å². The minimum Gasteiger partial charge on any atom is -0.444 e. The van der Waals surface area contributed by atoms with Crippen LogP contribution in [0.1, 0.15) is 40.2 Å². The van der Waals surface area contributed by atoms with Crippen LogP contribution in [0.25, 0.3) is 21.8 Å². The Bertz CT molecular complexity index is 1080. The van der Waals surface area contributed by atoms with Crippen LogP contribution < -0.4 is 10.6 Å². The molecular formula is C23H29N5O2S2. The van der Waals surface area contributed by atoms with Crippen molar-refractivity contribution in [3.8, 4) is 21.8 Å². The summed E-state index contributed by atoms with van der Waals surface area (Å²) < 4.78 is 5.36. The van der Waals surface area contributed by atoms with Crippen LogP contribution in [0.5, 0.6) is 0 Å². The second kappa shape index (κ2) is 10.3. The number of aromatic nitrogens is 3. The van der Waals surface area contributed by atoms with Crippen molar-refractivity contribution in [3.63, 3.8) is 0 Å². The quantitative estimate of drug-likeness (QED) is 0.331. The lowest BCUT2D eigenvalue weighted by molar-refractivity contribution is 0.0523. The lowest BCUT2D eigenvalue weighted by atomic mass is 10.0. The molecule has 0 saturated heterocycles. The lowest BCUT2D eigenvalue weighted by Crippen LogP contribution is -2.32. The minimum absolute atomic E-state index is 0.307. The summed E-state index contributed by atoms with van der Waals surface area (Å²) in [5, 5.41) is 7.71. The van der Waals surface area contributed by atoms with E-state index in [4.69, 9.17) is 9.72 Å². The highest BCUT2D eigenvalue weighted by molar-refractivity contribution is 7.98. The Morgan fingerprint density at radius 1 is 1.19 bits per heavy atom. The van der Waals surface area contributed by atoms with E-state index in [0.717, 1.165) is 32.5 Å². The number of benzene rings is 1. The first kappa shape index (κ1) is 24.0. The first-order chi connectivity index (χ1) is 15.1. The molecule has 0 aliphatic carbocycles. The van der Waals surface area contributed by atoms with Crippen molar-refractivity contribution in [3.05, 3.63) is 42.1 Å². The molecule has 170 valence electrons. The van der Waals surface area contributed by atoms with Gasteiger partial charge in [0.15, 0.2) is 10.3 Å². The van der Waals surface area contributed by atoms with Gasteiger partial charge in [0.2, 0.25) is 0 Å². The molecule has 0 fully saturated rings. The third-order valence-electron chi connectivity index (χ3n) is 4.17. The maximum absolute atomic E-state index is 12.1. The summed E-state index contributed by atoms with van der Waals surface area (Å²) in [6.07, 6.45) is 3.34. The Morgan fingerprint density at radius 2 is 1.91 bits per heavy atom. The van der Waals surface area contributed by atoms with Crippen LogP contribution in [0.15, 0.2) is 41.7 Å². The number of thiazole rings is 1. The fraction of sp³-hybridized carbons (Fsp3) is 0.391. The van der Waals surface area contributed by atoms with Gasteiger partial charge in [0.05, 0.1) is 16.3 Å². The third kappa shape index (κ3) is 6.67. The maximum atomic E-state index is 12.1. The highest BCUT2D eigenvalue weighted by atomic mass is 32.2. The normalized spacial score (nSPS) is 11.5. The summed E-state index contributed by atoms with van der Waals surface area (Å²) in [5.74, 6) is 0. The highest BCUT2D eigenvalue weighted by Crippen LogP contribution is 2.32. The van der Waals surface area contributed by atoms with Gasteiger partial charge in [-0.05, 0) is 52.5 Å². The Hall–Kier alpha value is -2.65. The van der Waals surface area contributed by atoms with Crippen molar-refractivity contribution >= 4 is 34.3 Å². The summed E-state index contributed by atoms with van der Waals surface area (Å²) in [5.41, 5.74) is 2.96. The zero-order valence-corrected chi connectivity index (χ0v) is 20.9. The topological polar surface area (TPSA) is 89.0 Å². The monoisotopic (exact) mass is 471 g/mol. The summed E-state index contributed by atoms with van der Waals surface area (Å²) in [6.45, 7) is 10.0. The smallest absolute Gasteiger partial charge is 0.407 e. The molecule has 1 amide bonds. The minimum atomic E-state index is -0.545. The number of carbonyl (C=O) groups excluding carboxylic acids is 1. The van der Waals surface area contributed by atoms with E-state index in [2.05, 4.69) is 34.4 Å². The number of alkyl carbamates (subject to hydrolysis) is 1. The molecule has 32 heavy (non-hydrogen) atoms. The summed E-state index contributed by atoms with van der Waals surface area (Å²) in [4.78, 5) is 27.0. The molecule has 0 radical (unpaired) electrons. The van der Waals surface area contributed by atoms with E-state index in [-0.39, 0.29) is 0 Å². The van der Waals surface area contributed by atoms with Crippen molar-refractivity contribution in [2.45, 2.75) is 58.0 Å². The highest BCUT2D eigenvalue weighted by Gasteiger charge is 2.17. The standard InChI is InChI=1S/C23H29N5O2S2/c1-14(2)26-20-24-13-19(32-20)18-11-17(27-21(28-18)31-6)16-10-8-7-9-15(16)12-25-22(29)30-23(3,4)5/h7-11,13-14H,12H2,1-6H3,(H,24,26)(H,25,29). The molecule has 0 spiro atoms. The van der Waals surface area contributed by atoms with Gasteiger partial charge in [-0.15, -0.1) is 0 Å². The Morgan fingerprint density at radius 3 is 2.59 bits per heavy atom. The Kier molecular flexibility index (Phi) is 7.73. The van der Waals surface area contributed by atoms with Gasteiger partial charge in [-0.25, -0.2) is 19.7 Å². The fourth-order valence-corrected chi connectivity index (χ4v) is 4.19. The Labute approximate surface area is 197 Å².